The van der Waals surface area contributed by atoms with Crippen LogP contribution in [0.15, 0.2) is 0 Å². The number of carbonyl (C=O) groups is 2. The van der Waals surface area contributed by atoms with Gasteiger partial charge in [0.2, 0.25) is 0 Å². The summed E-state index contributed by atoms with van der Waals surface area (Å²) in [7, 11) is -4.80. The SMILES string of the molecule is NCCCONC(=O)[C@@H]1C2CC2[C@@H]2CN1C(=O)N2OS(=O)(=O)O. The molecule has 0 aromatic heterocycles. The molecule has 2 aliphatic heterocycles. The van der Waals surface area contributed by atoms with Gasteiger partial charge in [0.1, 0.15) is 6.04 Å². The molecule has 0 radical (unpaired) electrons. The third-order valence-electron chi connectivity index (χ3n) is 4.31. The first-order valence-electron chi connectivity index (χ1n) is 7.22. The number of hydrogen-bond acceptors (Lipinski definition) is 7. The summed E-state index contributed by atoms with van der Waals surface area (Å²) in [6, 6.07) is -1.99. The molecule has 3 aliphatic rings. The Labute approximate surface area is 132 Å². The standard InChI is InChI=1S/C11H18N4O7S/c12-2-1-3-21-13-10(16)9-7-4-6(7)8-5-14(9)11(17)15(8)22-23(18,19)20/h6-9H,1-5,12H2,(H,13,16)(H,18,19,20)/t6?,7?,8-,9-/m0/s1. The van der Waals surface area contributed by atoms with E-state index in [0.717, 1.165) is 0 Å². The number of fused-ring (bicyclic) bond motifs is 4. The van der Waals surface area contributed by atoms with E-state index in [4.69, 9.17) is 15.1 Å². The van der Waals surface area contributed by atoms with Crippen LogP contribution in [0.1, 0.15) is 12.8 Å². The van der Waals surface area contributed by atoms with Crippen LogP contribution in [-0.4, -0.2) is 66.7 Å². The zero-order valence-corrected chi connectivity index (χ0v) is 12.9. The van der Waals surface area contributed by atoms with Gasteiger partial charge >= 0.3 is 16.4 Å². The highest BCUT2D eigenvalue weighted by Gasteiger charge is 2.65. The molecule has 0 spiro atoms. The van der Waals surface area contributed by atoms with E-state index >= 15 is 0 Å². The highest BCUT2D eigenvalue weighted by Crippen LogP contribution is 2.53. The lowest BCUT2D eigenvalue weighted by molar-refractivity contribution is -0.139. The number of piperidine rings is 1. The predicted molar refractivity (Wildman–Crippen MR) is 73.5 cm³/mol. The Morgan fingerprint density at radius 3 is 2.83 bits per heavy atom. The molecule has 2 saturated heterocycles. The first-order valence-corrected chi connectivity index (χ1v) is 8.58. The fraction of sp³-hybridized carbons (Fsp3) is 0.818. The van der Waals surface area contributed by atoms with Gasteiger partial charge in [0, 0.05) is 6.54 Å². The summed E-state index contributed by atoms with van der Waals surface area (Å²) in [6.45, 7) is 0.853. The van der Waals surface area contributed by atoms with E-state index in [1.54, 1.807) is 0 Å². The Bertz CT molecular complexity index is 611. The molecule has 4 atom stereocenters. The van der Waals surface area contributed by atoms with Gasteiger partial charge in [-0.1, -0.05) is 0 Å². The fourth-order valence-corrected chi connectivity index (χ4v) is 3.68. The molecule has 1 aliphatic carbocycles. The van der Waals surface area contributed by atoms with Crippen molar-refractivity contribution >= 4 is 22.3 Å². The van der Waals surface area contributed by atoms with Crippen LogP contribution >= 0.6 is 0 Å². The van der Waals surface area contributed by atoms with E-state index in [-0.39, 0.29) is 25.0 Å². The van der Waals surface area contributed by atoms with Gasteiger partial charge in [0.25, 0.3) is 5.91 Å². The van der Waals surface area contributed by atoms with Crippen LogP contribution < -0.4 is 11.2 Å². The van der Waals surface area contributed by atoms with Crippen molar-refractivity contribution in [3.8, 4) is 0 Å². The Balaban J connectivity index is 1.67. The molecule has 2 heterocycles. The number of rotatable bonds is 7. The quantitative estimate of drug-likeness (QED) is 0.277. The van der Waals surface area contributed by atoms with E-state index in [2.05, 4.69) is 9.76 Å². The summed E-state index contributed by atoms with van der Waals surface area (Å²) >= 11 is 0. The Morgan fingerprint density at radius 2 is 2.17 bits per heavy atom. The van der Waals surface area contributed by atoms with Crippen molar-refractivity contribution in [3.63, 3.8) is 0 Å². The van der Waals surface area contributed by atoms with Gasteiger partial charge in [-0.15, -0.1) is 4.28 Å². The van der Waals surface area contributed by atoms with Gasteiger partial charge in [0.05, 0.1) is 12.6 Å². The maximum atomic E-state index is 12.2. The maximum Gasteiger partial charge on any atom is 0.418 e. The van der Waals surface area contributed by atoms with Crippen LogP contribution in [0, 0.1) is 11.8 Å². The summed E-state index contributed by atoms with van der Waals surface area (Å²) in [4.78, 5) is 30.7. The smallest absolute Gasteiger partial charge is 0.330 e. The van der Waals surface area contributed by atoms with Gasteiger partial charge in [-0.25, -0.2) is 10.3 Å². The molecule has 2 unspecified atom stereocenters. The van der Waals surface area contributed by atoms with Gasteiger partial charge in [0.15, 0.2) is 0 Å². The number of hydroxylamine groups is 3. The van der Waals surface area contributed by atoms with E-state index < -0.39 is 34.4 Å². The topological polar surface area (TPSA) is 151 Å². The van der Waals surface area contributed by atoms with Crippen molar-refractivity contribution in [2.45, 2.75) is 24.9 Å². The first-order chi connectivity index (χ1) is 10.8. The monoisotopic (exact) mass is 350 g/mol. The molecular formula is C11H18N4O7S. The van der Waals surface area contributed by atoms with E-state index in [1.807, 2.05) is 0 Å². The van der Waals surface area contributed by atoms with Crippen molar-refractivity contribution in [1.29, 1.82) is 0 Å². The Morgan fingerprint density at radius 1 is 1.43 bits per heavy atom. The summed E-state index contributed by atoms with van der Waals surface area (Å²) in [5, 5.41) is 0.641. The largest absolute Gasteiger partial charge is 0.418 e. The molecule has 4 N–H and O–H groups in total. The zero-order chi connectivity index (χ0) is 16.8. The molecule has 2 bridgehead atoms. The Kier molecular flexibility index (Phi) is 4.18. The predicted octanol–water partition coefficient (Wildman–Crippen LogP) is -1.76. The number of nitrogens with one attached hydrogen (secondary N) is 1. The second kappa shape index (κ2) is 5.87. The summed E-state index contributed by atoms with van der Waals surface area (Å²) in [5.74, 6) is -0.583. The first kappa shape index (κ1) is 16.4. The van der Waals surface area contributed by atoms with Crippen LogP contribution in [0.5, 0.6) is 0 Å². The number of nitrogens with zero attached hydrogens (tertiary/aromatic N) is 2. The summed E-state index contributed by atoms with van der Waals surface area (Å²) < 4.78 is 34.9. The van der Waals surface area contributed by atoms with Crippen LogP contribution in [-0.2, 0) is 24.3 Å². The van der Waals surface area contributed by atoms with Crippen molar-refractivity contribution in [1.82, 2.24) is 15.4 Å². The molecule has 12 heteroatoms. The van der Waals surface area contributed by atoms with Crippen LogP contribution in [0.2, 0.25) is 0 Å². The molecule has 3 amide bonds. The third-order valence-corrected chi connectivity index (χ3v) is 4.66. The molecule has 130 valence electrons. The second-order valence-electron chi connectivity index (χ2n) is 5.80. The van der Waals surface area contributed by atoms with Crippen molar-refractivity contribution in [3.05, 3.63) is 0 Å². The highest BCUT2D eigenvalue weighted by molar-refractivity contribution is 7.80. The lowest BCUT2D eigenvalue weighted by Gasteiger charge is -2.28. The second-order valence-corrected chi connectivity index (χ2v) is 6.80. The van der Waals surface area contributed by atoms with Gasteiger partial charge in [-0.05, 0) is 31.2 Å². The van der Waals surface area contributed by atoms with Crippen molar-refractivity contribution in [2.24, 2.45) is 17.6 Å². The molecule has 3 fully saturated rings. The average molecular weight is 350 g/mol. The molecule has 11 nitrogen and oxygen atoms in total. The van der Waals surface area contributed by atoms with Crippen molar-refractivity contribution < 1.29 is 31.7 Å². The molecular weight excluding hydrogens is 332 g/mol. The van der Waals surface area contributed by atoms with Crippen LogP contribution in [0.4, 0.5) is 4.79 Å². The summed E-state index contributed by atoms with van der Waals surface area (Å²) in [5.41, 5.74) is 7.61. The van der Waals surface area contributed by atoms with Gasteiger partial charge < -0.3 is 10.6 Å². The van der Waals surface area contributed by atoms with Gasteiger partial charge in [-0.3, -0.25) is 14.2 Å². The van der Waals surface area contributed by atoms with Crippen LogP contribution in [0.25, 0.3) is 0 Å². The number of urea groups is 1. The molecule has 0 aromatic rings. The van der Waals surface area contributed by atoms with E-state index in [0.29, 0.717) is 24.4 Å². The number of hydrogen-bond donors (Lipinski definition) is 3. The lowest BCUT2D eigenvalue weighted by Crippen LogP contribution is -2.51. The van der Waals surface area contributed by atoms with E-state index in [9.17, 15) is 18.0 Å². The lowest BCUT2D eigenvalue weighted by atomic mass is 10.0. The minimum atomic E-state index is -4.80. The number of nitrogens with two attached hydrogens (primary N) is 1. The van der Waals surface area contributed by atoms with Crippen molar-refractivity contribution in [2.75, 3.05) is 19.7 Å². The van der Waals surface area contributed by atoms with Gasteiger partial charge in [-0.2, -0.15) is 13.5 Å². The third kappa shape index (κ3) is 3.12. The fourth-order valence-electron chi connectivity index (χ4n) is 3.30. The minimum absolute atomic E-state index is 0.0424. The highest BCUT2D eigenvalue weighted by atomic mass is 32.3. The number of carbonyl (C=O) groups excluding carboxylic acids is 2. The average Bonchev–Trinajstić information content (AvgIpc) is 3.21. The molecule has 0 aromatic carbocycles. The minimum Gasteiger partial charge on any atom is -0.330 e. The Hall–Kier alpha value is -1.47. The maximum absolute atomic E-state index is 12.2. The van der Waals surface area contributed by atoms with Crippen LogP contribution in [0.3, 0.4) is 0 Å². The normalized spacial score (nSPS) is 32.0. The molecule has 23 heavy (non-hydrogen) atoms. The summed E-state index contributed by atoms with van der Waals surface area (Å²) in [6.07, 6.45) is 1.25. The molecule has 1 saturated carbocycles. The molecule has 3 rings (SSSR count). The zero-order valence-electron chi connectivity index (χ0n) is 12.1. The van der Waals surface area contributed by atoms with E-state index in [1.165, 1.54) is 4.90 Å². The number of amides is 3.